The van der Waals surface area contributed by atoms with Gasteiger partial charge in [-0.3, -0.25) is 4.57 Å². The zero-order valence-electron chi connectivity index (χ0n) is 31.5. The van der Waals surface area contributed by atoms with Crippen LogP contribution in [0.3, 0.4) is 0 Å². The van der Waals surface area contributed by atoms with Crippen LogP contribution in [0.25, 0.3) is 38.8 Å². The topological polar surface area (TPSA) is 33.5 Å². The molecule has 0 unspecified atom stereocenters. The van der Waals surface area contributed by atoms with E-state index in [-0.39, 0.29) is 5.41 Å². The summed E-state index contributed by atoms with van der Waals surface area (Å²) in [7, 11) is 0. The number of benzene rings is 5. The third-order valence-corrected chi connectivity index (χ3v) is 10.6. The summed E-state index contributed by atoms with van der Waals surface area (Å²) in [4.78, 5) is 9.52. The van der Waals surface area contributed by atoms with Crippen LogP contribution in [0.2, 0.25) is 0 Å². The summed E-state index contributed by atoms with van der Waals surface area (Å²) < 4.78 is 9.16. The Morgan fingerprint density at radius 1 is 0.615 bits per heavy atom. The number of para-hydroxylation sites is 1. The van der Waals surface area contributed by atoms with Crippen molar-refractivity contribution in [3.63, 3.8) is 0 Å². The first-order chi connectivity index (χ1) is 25.0. The molecular formula is C47H46N4O. The van der Waals surface area contributed by atoms with Gasteiger partial charge >= 0.3 is 0 Å². The average Bonchev–Trinajstić information content (AvgIpc) is 3.73. The number of anilines is 2. The number of aromatic nitrogens is 2. The van der Waals surface area contributed by atoms with Crippen LogP contribution >= 0.6 is 0 Å². The fraction of sp³-hybridized carbons (Fsp3) is 0.213. The summed E-state index contributed by atoms with van der Waals surface area (Å²) in [5.41, 5.74) is 14.5. The van der Waals surface area contributed by atoms with Crippen molar-refractivity contribution in [3.05, 3.63) is 155 Å². The molecule has 0 radical (unpaired) electrons. The van der Waals surface area contributed by atoms with Crippen molar-refractivity contribution in [1.29, 1.82) is 0 Å². The van der Waals surface area contributed by atoms with Crippen molar-refractivity contribution < 1.29 is 4.74 Å². The minimum Gasteiger partial charge on any atom is -0.457 e. The predicted octanol–water partition coefficient (Wildman–Crippen LogP) is 12.2. The van der Waals surface area contributed by atoms with Gasteiger partial charge in [0.1, 0.15) is 17.3 Å². The van der Waals surface area contributed by atoms with Crippen molar-refractivity contribution in [2.75, 3.05) is 16.5 Å². The highest BCUT2D eigenvalue weighted by atomic mass is 16.5. The molecule has 5 nitrogen and oxygen atoms in total. The molecule has 1 aliphatic heterocycles. The molecule has 3 heterocycles. The lowest BCUT2D eigenvalue weighted by Gasteiger charge is -2.24. The third-order valence-electron chi connectivity index (χ3n) is 10.6. The summed E-state index contributed by atoms with van der Waals surface area (Å²) in [5, 5.41) is 2.39. The van der Waals surface area contributed by atoms with E-state index in [0.717, 1.165) is 46.3 Å². The second-order valence-corrected chi connectivity index (χ2v) is 15.3. The van der Waals surface area contributed by atoms with Crippen molar-refractivity contribution in [2.45, 2.75) is 60.8 Å². The third kappa shape index (κ3) is 5.90. The Hall–Kier alpha value is -5.81. The number of hydrogen-bond donors (Lipinski definition) is 0. The van der Waals surface area contributed by atoms with Crippen LogP contribution in [0.4, 0.5) is 11.4 Å². The van der Waals surface area contributed by atoms with Crippen LogP contribution in [0.5, 0.6) is 11.5 Å². The molecule has 1 aliphatic rings. The molecular weight excluding hydrogens is 637 g/mol. The number of pyridine rings is 1. The fourth-order valence-corrected chi connectivity index (χ4v) is 7.68. The van der Waals surface area contributed by atoms with Gasteiger partial charge in [-0.25, -0.2) is 4.98 Å². The SMILES string of the molecule is Cc1cc(C)c(N2C=CN(c3cccc(Oc4cc(-c5c(C)cccc5C)c5c6ccccc6n(-c6cc(C(C)(C)C)ccn6)c5c4)c3)C2)cc1C. The molecule has 0 spiro atoms. The molecule has 2 aromatic heterocycles. The molecule has 0 N–H and O–H groups in total. The highest BCUT2D eigenvalue weighted by Gasteiger charge is 2.23. The number of nitrogens with zero attached hydrogens (tertiary/aromatic N) is 4. The molecule has 5 aromatic carbocycles. The van der Waals surface area contributed by atoms with Gasteiger partial charge in [0.05, 0.1) is 17.7 Å². The van der Waals surface area contributed by atoms with E-state index in [1.54, 1.807) is 0 Å². The Bertz CT molecular complexity index is 2510. The van der Waals surface area contributed by atoms with Gasteiger partial charge in [-0.05, 0) is 127 Å². The standard InChI is InChI=1S/C47H46N4O/c1-30-13-11-14-31(2)45(30)40-27-38(28-43-46(40)39-17-9-10-18-41(39)51(43)44-25-35(19-20-48-44)47(6,7)8)52-37-16-12-15-36(26-37)49-21-22-50(29-49)42-24-33(4)32(3)23-34(42)5/h9-28H,29H2,1-8H3. The van der Waals surface area contributed by atoms with Crippen LogP contribution < -0.4 is 14.5 Å². The van der Waals surface area contributed by atoms with Gasteiger partial charge in [0.15, 0.2) is 0 Å². The van der Waals surface area contributed by atoms with Crippen LogP contribution in [0.15, 0.2) is 122 Å². The highest BCUT2D eigenvalue weighted by Crippen LogP contribution is 2.44. The van der Waals surface area contributed by atoms with Crippen molar-refractivity contribution in [1.82, 2.24) is 9.55 Å². The van der Waals surface area contributed by atoms with E-state index in [9.17, 15) is 0 Å². The fourth-order valence-electron chi connectivity index (χ4n) is 7.68. The van der Waals surface area contributed by atoms with Crippen LogP contribution in [-0.2, 0) is 5.41 Å². The molecule has 0 amide bonds. The van der Waals surface area contributed by atoms with Gasteiger partial charge in [-0.15, -0.1) is 0 Å². The summed E-state index contributed by atoms with van der Waals surface area (Å²) in [6, 6.07) is 36.9. The van der Waals surface area contributed by atoms with E-state index in [4.69, 9.17) is 9.72 Å². The smallest absolute Gasteiger partial charge is 0.137 e. The largest absolute Gasteiger partial charge is 0.457 e. The lowest BCUT2D eigenvalue weighted by molar-refractivity contribution is 0.483. The first-order valence-corrected chi connectivity index (χ1v) is 18.1. The van der Waals surface area contributed by atoms with Crippen molar-refractivity contribution in [2.24, 2.45) is 0 Å². The number of aryl methyl sites for hydroxylation is 5. The van der Waals surface area contributed by atoms with E-state index in [1.165, 1.54) is 55.4 Å². The van der Waals surface area contributed by atoms with Gasteiger partial charge in [-0.1, -0.05) is 69.3 Å². The van der Waals surface area contributed by atoms with Gasteiger partial charge in [0.25, 0.3) is 0 Å². The van der Waals surface area contributed by atoms with Gasteiger partial charge in [0.2, 0.25) is 0 Å². The molecule has 0 atom stereocenters. The van der Waals surface area contributed by atoms with E-state index in [0.29, 0.717) is 0 Å². The second kappa shape index (κ2) is 12.8. The zero-order chi connectivity index (χ0) is 36.3. The molecule has 5 heteroatoms. The van der Waals surface area contributed by atoms with Crippen LogP contribution in [0.1, 0.15) is 54.2 Å². The molecule has 0 saturated heterocycles. The van der Waals surface area contributed by atoms with Gasteiger partial charge < -0.3 is 14.5 Å². The Balaban J connectivity index is 1.25. The first kappa shape index (κ1) is 33.3. The predicted molar refractivity (Wildman–Crippen MR) is 218 cm³/mol. The van der Waals surface area contributed by atoms with Crippen LogP contribution in [-0.4, -0.2) is 16.2 Å². The van der Waals surface area contributed by atoms with Gasteiger partial charge in [-0.2, -0.15) is 0 Å². The monoisotopic (exact) mass is 682 g/mol. The highest BCUT2D eigenvalue weighted by molar-refractivity contribution is 6.16. The minimum atomic E-state index is -0.0152. The molecule has 7 aromatic rings. The number of rotatable bonds is 6. The molecule has 52 heavy (non-hydrogen) atoms. The molecule has 0 saturated carbocycles. The normalized spacial score (nSPS) is 13.2. The lowest BCUT2D eigenvalue weighted by atomic mass is 9.88. The zero-order valence-corrected chi connectivity index (χ0v) is 31.5. The van der Waals surface area contributed by atoms with E-state index in [1.807, 2.05) is 12.3 Å². The number of hydrogen-bond acceptors (Lipinski definition) is 4. The molecule has 260 valence electrons. The molecule has 8 rings (SSSR count). The molecule has 0 aliphatic carbocycles. The van der Waals surface area contributed by atoms with Crippen molar-refractivity contribution in [3.8, 4) is 28.4 Å². The quantitative estimate of drug-likeness (QED) is 0.175. The van der Waals surface area contributed by atoms with Crippen LogP contribution in [0, 0.1) is 34.6 Å². The van der Waals surface area contributed by atoms with E-state index in [2.05, 4.69) is 179 Å². The maximum Gasteiger partial charge on any atom is 0.137 e. The minimum absolute atomic E-state index is 0.0152. The van der Waals surface area contributed by atoms with E-state index < -0.39 is 0 Å². The summed E-state index contributed by atoms with van der Waals surface area (Å²) in [6.07, 6.45) is 6.25. The van der Waals surface area contributed by atoms with E-state index >= 15 is 0 Å². The molecule has 0 fully saturated rings. The Kier molecular flexibility index (Phi) is 8.18. The molecule has 0 bridgehead atoms. The first-order valence-electron chi connectivity index (χ1n) is 18.1. The maximum absolute atomic E-state index is 6.85. The second-order valence-electron chi connectivity index (χ2n) is 15.3. The Labute approximate surface area is 307 Å². The number of fused-ring (bicyclic) bond motifs is 3. The summed E-state index contributed by atoms with van der Waals surface area (Å²) >= 11 is 0. The van der Waals surface area contributed by atoms with Gasteiger partial charge in [0, 0.05) is 52.9 Å². The summed E-state index contributed by atoms with van der Waals surface area (Å²) in [6.45, 7) is 18.4. The Morgan fingerprint density at radius 3 is 2.13 bits per heavy atom. The maximum atomic E-state index is 6.85. The number of ether oxygens (including phenoxy) is 1. The average molecular weight is 683 g/mol. The summed E-state index contributed by atoms with van der Waals surface area (Å²) in [5.74, 6) is 2.46. The Morgan fingerprint density at radius 2 is 1.35 bits per heavy atom. The van der Waals surface area contributed by atoms with Crippen molar-refractivity contribution >= 4 is 33.2 Å². The lowest BCUT2D eigenvalue weighted by Crippen LogP contribution is -2.25.